The molecule has 0 aliphatic carbocycles. The van der Waals surface area contributed by atoms with Gasteiger partial charge in [0.05, 0.1) is 11.3 Å². The molecule has 0 unspecified atom stereocenters. The maximum absolute atomic E-state index is 12.5. The molecule has 6 nitrogen and oxygen atoms in total. The average Bonchev–Trinajstić information content (AvgIpc) is 3.34. The molecule has 2 aromatic heterocycles. The summed E-state index contributed by atoms with van der Waals surface area (Å²) in [6, 6.07) is 16.4. The predicted octanol–water partition coefficient (Wildman–Crippen LogP) is 4.49. The third kappa shape index (κ3) is 3.91. The maximum atomic E-state index is 12.5. The largest absolute Gasteiger partial charge is 0.355 e. The van der Waals surface area contributed by atoms with E-state index >= 15 is 0 Å². The predicted molar refractivity (Wildman–Crippen MR) is 103 cm³/mol. The summed E-state index contributed by atoms with van der Waals surface area (Å²) in [7, 11) is 0. The molecular weight excluding hydrogens is 364 g/mol. The van der Waals surface area contributed by atoms with E-state index in [0.29, 0.717) is 28.6 Å². The Labute approximate surface area is 160 Å². The first-order valence-corrected chi connectivity index (χ1v) is 8.64. The molecule has 7 heteroatoms. The van der Waals surface area contributed by atoms with Gasteiger partial charge in [0.25, 0.3) is 5.91 Å². The molecule has 0 radical (unpaired) electrons. The van der Waals surface area contributed by atoms with Crippen LogP contribution in [0.3, 0.4) is 0 Å². The third-order valence-electron chi connectivity index (χ3n) is 3.99. The molecule has 2 aromatic carbocycles. The second-order valence-electron chi connectivity index (χ2n) is 5.95. The quantitative estimate of drug-likeness (QED) is 0.555. The molecule has 0 spiro atoms. The molecule has 1 N–H and O–H groups in total. The lowest BCUT2D eigenvalue weighted by atomic mass is 10.1. The van der Waals surface area contributed by atoms with Gasteiger partial charge in [0.15, 0.2) is 11.5 Å². The van der Waals surface area contributed by atoms with Crippen molar-refractivity contribution in [3.63, 3.8) is 0 Å². The summed E-state index contributed by atoms with van der Waals surface area (Å²) >= 11 is 6.16. The summed E-state index contributed by atoms with van der Waals surface area (Å²) in [5, 5.41) is 7.23. The molecule has 0 saturated carbocycles. The number of imidazole rings is 1. The molecule has 0 saturated heterocycles. The van der Waals surface area contributed by atoms with Gasteiger partial charge in [0.2, 0.25) is 0 Å². The average molecular weight is 379 g/mol. The molecule has 0 bridgehead atoms. The fourth-order valence-corrected chi connectivity index (χ4v) is 2.93. The number of rotatable bonds is 5. The van der Waals surface area contributed by atoms with Crippen LogP contribution in [0.4, 0.5) is 5.69 Å². The van der Waals surface area contributed by atoms with Crippen LogP contribution in [0.15, 0.2) is 77.8 Å². The van der Waals surface area contributed by atoms with E-state index in [1.807, 2.05) is 53.2 Å². The highest BCUT2D eigenvalue weighted by Gasteiger charge is 2.15. The summed E-state index contributed by atoms with van der Waals surface area (Å²) in [4.78, 5) is 16.5. The van der Waals surface area contributed by atoms with Crippen molar-refractivity contribution in [2.24, 2.45) is 0 Å². The summed E-state index contributed by atoms with van der Waals surface area (Å²) in [6.45, 7) is 0.671. The fourth-order valence-electron chi connectivity index (χ4n) is 2.70. The monoisotopic (exact) mass is 378 g/mol. The molecule has 0 aliphatic heterocycles. The van der Waals surface area contributed by atoms with Gasteiger partial charge in [-0.05, 0) is 29.8 Å². The number of halogens is 1. The van der Waals surface area contributed by atoms with Crippen molar-refractivity contribution < 1.29 is 9.32 Å². The Morgan fingerprint density at radius 2 is 2.04 bits per heavy atom. The van der Waals surface area contributed by atoms with Crippen molar-refractivity contribution in [3.05, 3.63) is 89.6 Å². The van der Waals surface area contributed by atoms with Gasteiger partial charge in [0.1, 0.15) is 0 Å². The van der Waals surface area contributed by atoms with E-state index in [-0.39, 0.29) is 11.6 Å². The normalized spacial score (nSPS) is 10.7. The lowest BCUT2D eigenvalue weighted by Gasteiger charge is -2.07. The standard InChI is InChI=1S/C20H15ClN4O2/c21-17-7-2-1-6-16(17)19-11-18(24-27-19)20(26)23-15-5-3-4-14(10-15)12-25-9-8-22-13-25/h1-11,13H,12H2,(H,23,26). The van der Waals surface area contributed by atoms with Crippen LogP contribution in [0.1, 0.15) is 16.1 Å². The number of benzene rings is 2. The van der Waals surface area contributed by atoms with E-state index in [9.17, 15) is 4.79 Å². The van der Waals surface area contributed by atoms with Gasteiger partial charge in [0, 0.05) is 36.3 Å². The molecule has 0 fully saturated rings. The van der Waals surface area contributed by atoms with Crippen molar-refractivity contribution >= 4 is 23.2 Å². The van der Waals surface area contributed by atoms with Crippen molar-refractivity contribution in [2.75, 3.05) is 5.32 Å². The Kier molecular flexibility index (Phi) is 4.72. The summed E-state index contributed by atoms with van der Waals surface area (Å²) in [5.41, 5.74) is 2.60. The van der Waals surface area contributed by atoms with Crippen LogP contribution in [0, 0.1) is 0 Å². The molecule has 0 aliphatic rings. The number of hydrogen-bond acceptors (Lipinski definition) is 4. The number of carbonyl (C=O) groups is 1. The molecule has 4 aromatic rings. The highest BCUT2D eigenvalue weighted by atomic mass is 35.5. The first kappa shape index (κ1) is 17.1. The maximum Gasteiger partial charge on any atom is 0.277 e. The number of hydrogen-bond donors (Lipinski definition) is 1. The zero-order valence-corrected chi connectivity index (χ0v) is 14.9. The highest BCUT2D eigenvalue weighted by Crippen LogP contribution is 2.28. The molecule has 2 heterocycles. The Hall–Kier alpha value is -3.38. The molecule has 1 amide bonds. The van der Waals surface area contributed by atoms with Gasteiger partial charge in [-0.25, -0.2) is 4.98 Å². The van der Waals surface area contributed by atoms with Crippen LogP contribution in [0.2, 0.25) is 5.02 Å². The second-order valence-corrected chi connectivity index (χ2v) is 6.35. The van der Waals surface area contributed by atoms with E-state index in [1.165, 1.54) is 0 Å². The van der Waals surface area contributed by atoms with Crippen molar-refractivity contribution in [1.82, 2.24) is 14.7 Å². The smallest absolute Gasteiger partial charge is 0.277 e. The molecule has 4 rings (SSSR count). The molecular formula is C20H15ClN4O2. The Morgan fingerprint density at radius 3 is 2.85 bits per heavy atom. The highest BCUT2D eigenvalue weighted by molar-refractivity contribution is 6.33. The Balaban J connectivity index is 1.49. The fraction of sp³-hybridized carbons (Fsp3) is 0.0500. The summed E-state index contributed by atoms with van der Waals surface area (Å²) < 4.78 is 7.23. The Bertz CT molecular complexity index is 1070. The SMILES string of the molecule is O=C(Nc1cccc(Cn2ccnc2)c1)c1cc(-c2ccccc2Cl)on1. The van der Waals surface area contributed by atoms with Gasteiger partial charge in [-0.3, -0.25) is 4.79 Å². The number of aromatic nitrogens is 3. The molecule has 27 heavy (non-hydrogen) atoms. The van der Waals surface area contributed by atoms with Crippen molar-refractivity contribution in [1.29, 1.82) is 0 Å². The summed E-state index contributed by atoms with van der Waals surface area (Å²) in [6.07, 6.45) is 5.36. The van der Waals surface area contributed by atoms with Gasteiger partial charge < -0.3 is 14.4 Å². The Morgan fingerprint density at radius 1 is 1.15 bits per heavy atom. The van der Waals surface area contributed by atoms with E-state index in [1.54, 1.807) is 24.7 Å². The van der Waals surface area contributed by atoms with E-state index in [0.717, 1.165) is 5.56 Å². The van der Waals surface area contributed by atoms with Crippen molar-refractivity contribution in [3.8, 4) is 11.3 Å². The van der Waals surface area contributed by atoms with Crippen LogP contribution in [0.25, 0.3) is 11.3 Å². The van der Waals surface area contributed by atoms with Gasteiger partial charge in [-0.1, -0.05) is 41.0 Å². The van der Waals surface area contributed by atoms with Crippen LogP contribution >= 0.6 is 11.6 Å². The zero-order chi connectivity index (χ0) is 18.6. The molecule has 134 valence electrons. The van der Waals surface area contributed by atoms with E-state index in [2.05, 4.69) is 15.5 Å². The summed E-state index contributed by atoms with van der Waals surface area (Å²) in [5.74, 6) is 0.0939. The van der Waals surface area contributed by atoms with Crippen LogP contribution in [-0.4, -0.2) is 20.6 Å². The number of nitrogens with one attached hydrogen (secondary N) is 1. The number of nitrogens with zero attached hydrogens (tertiary/aromatic N) is 3. The minimum Gasteiger partial charge on any atom is -0.355 e. The first-order chi connectivity index (χ1) is 13.2. The van der Waals surface area contributed by atoms with Crippen LogP contribution in [0.5, 0.6) is 0 Å². The van der Waals surface area contributed by atoms with Crippen LogP contribution < -0.4 is 5.32 Å². The number of anilines is 1. The molecule has 0 atom stereocenters. The minimum absolute atomic E-state index is 0.185. The van der Waals surface area contributed by atoms with E-state index in [4.69, 9.17) is 16.1 Å². The van der Waals surface area contributed by atoms with Crippen LogP contribution in [-0.2, 0) is 6.54 Å². The van der Waals surface area contributed by atoms with Crippen molar-refractivity contribution in [2.45, 2.75) is 6.54 Å². The zero-order valence-electron chi connectivity index (χ0n) is 14.2. The second kappa shape index (κ2) is 7.47. The number of carbonyl (C=O) groups excluding carboxylic acids is 1. The number of amides is 1. The minimum atomic E-state index is -0.350. The van der Waals surface area contributed by atoms with E-state index < -0.39 is 0 Å². The van der Waals surface area contributed by atoms with Gasteiger partial charge in [-0.15, -0.1) is 0 Å². The lowest BCUT2D eigenvalue weighted by molar-refractivity contribution is 0.101. The van der Waals surface area contributed by atoms with Gasteiger partial charge >= 0.3 is 0 Å². The lowest BCUT2D eigenvalue weighted by Crippen LogP contribution is -2.12. The van der Waals surface area contributed by atoms with Gasteiger partial charge in [-0.2, -0.15) is 0 Å². The first-order valence-electron chi connectivity index (χ1n) is 8.27. The third-order valence-corrected chi connectivity index (χ3v) is 4.32. The topological polar surface area (TPSA) is 73.0 Å².